The number of carbonyl (C=O) groups is 1. The van der Waals surface area contributed by atoms with Crippen LogP contribution in [-0.4, -0.2) is 27.5 Å². The van der Waals surface area contributed by atoms with Crippen LogP contribution in [0.5, 0.6) is 5.75 Å². The summed E-state index contributed by atoms with van der Waals surface area (Å²) in [6, 6.07) is 5.23. The van der Waals surface area contributed by atoms with Gasteiger partial charge < -0.3 is 10.1 Å². The summed E-state index contributed by atoms with van der Waals surface area (Å²) in [6.07, 6.45) is 1.31. The standard InChI is InChI=1S/C16H18N4O5/c1-10(2)12-7-16(22)19(9-17-12)8-15(21)18-13-6-11(20(23)24)4-5-14(13)25-3/h4-7,9-10H,8H2,1-3H3,(H,18,21). The average Bonchev–Trinajstić information content (AvgIpc) is 2.56. The molecule has 0 spiro atoms. The summed E-state index contributed by atoms with van der Waals surface area (Å²) in [6.45, 7) is 3.55. The normalized spacial score (nSPS) is 10.6. The van der Waals surface area contributed by atoms with E-state index in [-0.39, 0.29) is 35.1 Å². The molecule has 1 amide bonds. The van der Waals surface area contributed by atoms with Crippen molar-refractivity contribution in [2.75, 3.05) is 12.4 Å². The van der Waals surface area contributed by atoms with E-state index in [4.69, 9.17) is 4.74 Å². The van der Waals surface area contributed by atoms with Gasteiger partial charge in [0.1, 0.15) is 12.3 Å². The fourth-order valence-electron chi connectivity index (χ4n) is 2.13. The number of non-ortho nitro benzene ring substituents is 1. The maximum atomic E-state index is 12.2. The predicted octanol–water partition coefficient (Wildman–Crippen LogP) is 1.92. The summed E-state index contributed by atoms with van der Waals surface area (Å²) in [5, 5.41) is 13.4. The van der Waals surface area contributed by atoms with Crippen molar-refractivity contribution < 1.29 is 14.5 Å². The molecule has 25 heavy (non-hydrogen) atoms. The lowest BCUT2D eigenvalue weighted by Crippen LogP contribution is -2.28. The second kappa shape index (κ2) is 7.56. The SMILES string of the molecule is COc1ccc([N+](=O)[O-])cc1NC(=O)Cn1cnc(C(C)C)cc1=O. The molecule has 2 rings (SSSR count). The van der Waals surface area contributed by atoms with Gasteiger partial charge in [-0.1, -0.05) is 13.8 Å². The molecule has 132 valence electrons. The second-order valence-electron chi connectivity index (χ2n) is 5.62. The van der Waals surface area contributed by atoms with Crippen molar-refractivity contribution in [1.29, 1.82) is 0 Å². The molecule has 1 N–H and O–H groups in total. The van der Waals surface area contributed by atoms with Crippen LogP contribution in [0.3, 0.4) is 0 Å². The van der Waals surface area contributed by atoms with Crippen LogP contribution in [0.4, 0.5) is 11.4 Å². The smallest absolute Gasteiger partial charge is 0.271 e. The van der Waals surface area contributed by atoms with Gasteiger partial charge in [0.2, 0.25) is 5.91 Å². The Labute approximate surface area is 143 Å². The first kappa shape index (κ1) is 18.1. The zero-order valence-corrected chi connectivity index (χ0v) is 14.1. The first-order valence-electron chi connectivity index (χ1n) is 7.50. The number of amides is 1. The maximum Gasteiger partial charge on any atom is 0.271 e. The number of nitro groups is 1. The molecule has 0 aliphatic rings. The number of ether oxygens (including phenoxy) is 1. The molecule has 0 aliphatic heterocycles. The minimum atomic E-state index is -0.575. The van der Waals surface area contributed by atoms with Crippen LogP contribution in [-0.2, 0) is 11.3 Å². The van der Waals surface area contributed by atoms with Gasteiger partial charge in [-0.15, -0.1) is 0 Å². The summed E-state index contributed by atoms with van der Waals surface area (Å²) >= 11 is 0. The monoisotopic (exact) mass is 346 g/mol. The minimum Gasteiger partial charge on any atom is -0.495 e. The van der Waals surface area contributed by atoms with Gasteiger partial charge in [0.05, 0.1) is 29.7 Å². The number of hydrogen-bond donors (Lipinski definition) is 1. The molecule has 1 aromatic heterocycles. The molecule has 2 aromatic rings. The number of aromatic nitrogens is 2. The first-order valence-corrected chi connectivity index (χ1v) is 7.50. The van der Waals surface area contributed by atoms with Crippen LogP contribution in [0, 0.1) is 10.1 Å². The number of nitro benzene ring substituents is 1. The summed E-state index contributed by atoms with van der Waals surface area (Å²) in [5.41, 5.74) is 0.264. The zero-order valence-electron chi connectivity index (χ0n) is 14.1. The number of nitrogens with zero attached hydrogens (tertiary/aromatic N) is 3. The molecule has 1 aromatic carbocycles. The van der Waals surface area contributed by atoms with E-state index in [1.165, 1.54) is 37.7 Å². The van der Waals surface area contributed by atoms with Crippen molar-refractivity contribution in [3.05, 3.63) is 56.8 Å². The summed E-state index contributed by atoms with van der Waals surface area (Å²) in [5.74, 6) is -0.148. The highest BCUT2D eigenvalue weighted by molar-refractivity contribution is 5.92. The Morgan fingerprint density at radius 1 is 1.40 bits per heavy atom. The quantitative estimate of drug-likeness (QED) is 0.631. The van der Waals surface area contributed by atoms with Crippen molar-refractivity contribution in [2.45, 2.75) is 26.3 Å². The second-order valence-corrected chi connectivity index (χ2v) is 5.62. The van der Waals surface area contributed by atoms with E-state index < -0.39 is 10.8 Å². The topological polar surface area (TPSA) is 116 Å². The van der Waals surface area contributed by atoms with Gasteiger partial charge in [-0.25, -0.2) is 4.98 Å². The van der Waals surface area contributed by atoms with Crippen LogP contribution < -0.4 is 15.6 Å². The van der Waals surface area contributed by atoms with Gasteiger partial charge in [0, 0.05) is 18.2 Å². The van der Waals surface area contributed by atoms with Crippen LogP contribution >= 0.6 is 0 Å². The maximum absolute atomic E-state index is 12.2. The number of methoxy groups -OCH3 is 1. The molecule has 0 fully saturated rings. The van der Waals surface area contributed by atoms with Gasteiger partial charge in [-0.2, -0.15) is 0 Å². The van der Waals surface area contributed by atoms with Crippen molar-refractivity contribution in [3.63, 3.8) is 0 Å². The Morgan fingerprint density at radius 2 is 2.12 bits per heavy atom. The van der Waals surface area contributed by atoms with E-state index in [0.717, 1.165) is 4.57 Å². The van der Waals surface area contributed by atoms with E-state index in [1.54, 1.807) is 0 Å². The highest BCUT2D eigenvalue weighted by Gasteiger charge is 2.14. The zero-order chi connectivity index (χ0) is 18.6. The highest BCUT2D eigenvalue weighted by atomic mass is 16.6. The van der Waals surface area contributed by atoms with Crippen LogP contribution in [0.1, 0.15) is 25.5 Å². The number of anilines is 1. The van der Waals surface area contributed by atoms with Gasteiger partial charge in [0.25, 0.3) is 11.2 Å². The van der Waals surface area contributed by atoms with E-state index in [2.05, 4.69) is 10.3 Å². The molecule has 0 atom stereocenters. The highest BCUT2D eigenvalue weighted by Crippen LogP contribution is 2.28. The molecule has 0 saturated heterocycles. The third-order valence-corrected chi connectivity index (χ3v) is 3.47. The molecule has 0 saturated carbocycles. The van der Waals surface area contributed by atoms with Crippen molar-refractivity contribution in [1.82, 2.24) is 9.55 Å². The Hall–Kier alpha value is -3.23. The molecule has 9 heteroatoms. The first-order chi connectivity index (χ1) is 11.8. The van der Waals surface area contributed by atoms with Crippen molar-refractivity contribution >= 4 is 17.3 Å². The van der Waals surface area contributed by atoms with Gasteiger partial charge in [0.15, 0.2) is 0 Å². The third-order valence-electron chi connectivity index (χ3n) is 3.47. The lowest BCUT2D eigenvalue weighted by atomic mass is 10.1. The number of carbonyl (C=O) groups excluding carboxylic acids is 1. The molecule has 9 nitrogen and oxygen atoms in total. The average molecular weight is 346 g/mol. The van der Waals surface area contributed by atoms with E-state index in [0.29, 0.717) is 5.69 Å². The molecule has 0 radical (unpaired) electrons. The lowest BCUT2D eigenvalue weighted by Gasteiger charge is -2.11. The van der Waals surface area contributed by atoms with E-state index in [9.17, 15) is 19.7 Å². The largest absolute Gasteiger partial charge is 0.495 e. The number of hydrogen-bond acceptors (Lipinski definition) is 6. The molecule has 0 bridgehead atoms. The van der Waals surface area contributed by atoms with Gasteiger partial charge >= 0.3 is 0 Å². The van der Waals surface area contributed by atoms with E-state index in [1.807, 2.05) is 13.8 Å². The predicted molar refractivity (Wildman–Crippen MR) is 90.9 cm³/mol. The molecular formula is C16H18N4O5. The fraction of sp³-hybridized carbons (Fsp3) is 0.312. The van der Waals surface area contributed by atoms with Crippen LogP contribution in [0.2, 0.25) is 0 Å². The summed E-state index contributed by atoms with van der Waals surface area (Å²) < 4.78 is 6.24. The van der Waals surface area contributed by atoms with Crippen LogP contribution in [0.15, 0.2) is 35.4 Å². The summed E-state index contributed by atoms with van der Waals surface area (Å²) in [7, 11) is 1.38. The van der Waals surface area contributed by atoms with Crippen molar-refractivity contribution in [3.8, 4) is 5.75 Å². The third kappa shape index (κ3) is 4.40. The molecule has 0 unspecified atom stereocenters. The fourth-order valence-corrected chi connectivity index (χ4v) is 2.13. The number of nitrogens with one attached hydrogen (secondary N) is 1. The van der Waals surface area contributed by atoms with E-state index >= 15 is 0 Å². The van der Waals surface area contributed by atoms with Gasteiger partial charge in [-0.05, 0) is 12.0 Å². The minimum absolute atomic E-state index is 0.102. The number of benzene rings is 1. The Morgan fingerprint density at radius 3 is 2.68 bits per heavy atom. The Balaban J connectivity index is 2.19. The van der Waals surface area contributed by atoms with Gasteiger partial charge in [-0.3, -0.25) is 24.3 Å². The lowest BCUT2D eigenvalue weighted by molar-refractivity contribution is -0.384. The molecular weight excluding hydrogens is 328 g/mol. The Bertz CT molecular complexity index is 860. The van der Waals surface area contributed by atoms with Crippen molar-refractivity contribution in [2.24, 2.45) is 0 Å². The number of rotatable bonds is 6. The molecule has 1 heterocycles. The molecule has 0 aliphatic carbocycles. The summed E-state index contributed by atoms with van der Waals surface area (Å²) in [4.78, 5) is 38.6. The Kier molecular flexibility index (Phi) is 5.48. The van der Waals surface area contributed by atoms with Crippen LogP contribution in [0.25, 0.3) is 0 Å².